The van der Waals surface area contributed by atoms with Gasteiger partial charge in [-0.25, -0.2) is 0 Å². The van der Waals surface area contributed by atoms with Crippen LogP contribution in [0.15, 0.2) is 137 Å². The Bertz CT molecular complexity index is 2050. The zero-order valence-corrected chi connectivity index (χ0v) is 27.6. The molecule has 0 fully saturated rings. The maximum Gasteiger partial charge on any atom is 0.249 e. The quantitative estimate of drug-likeness (QED) is 0.177. The Balaban J connectivity index is 1.52. The molecule has 0 unspecified atom stereocenters. The molecule has 8 rings (SSSR count). The van der Waals surface area contributed by atoms with Gasteiger partial charge in [0.15, 0.2) is 0 Å². The molecule has 0 spiro atoms. The van der Waals surface area contributed by atoms with E-state index in [0.717, 1.165) is 21.4 Å². The number of hydrogen-bond donors (Lipinski definition) is 0. The van der Waals surface area contributed by atoms with Gasteiger partial charge in [-0.2, -0.15) is 0 Å². The zero-order chi connectivity index (χ0) is 30.9. The molecule has 0 atom stereocenters. The van der Waals surface area contributed by atoms with Crippen molar-refractivity contribution < 1.29 is 0 Å². The normalized spacial score (nSPS) is 13.3. The van der Waals surface area contributed by atoms with Gasteiger partial charge in [-0.05, 0) is 69.4 Å². The lowest BCUT2D eigenvalue weighted by atomic mass is 9.35. The molecule has 0 N–H and O–H groups in total. The molecule has 0 radical (unpaired) electrons. The first-order valence-electron chi connectivity index (χ1n) is 15.3. The Kier molecular flexibility index (Phi) is 6.91. The van der Waals surface area contributed by atoms with E-state index in [2.05, 4.69) is 141 Å². The molecule has 0 aliphatic carbocycles. The summed E-state index contributed by atoms with van der Waals surface area (Å²) in [7, 11) is 0. The lowest BCUT2D eigenvalue weighted by Crippen LogP contribution is -2.60. The predicted molar refractivity (Wildman–Crippen MR) is 196 cm³/mol. The molecular weight excluding hydrogens is 608 g/mol. The van der Waals surface area contributed by atoms with Gasteiger partial charge >= 0.3 is 0 Å². The summed E-state index contributed by atoms with van der Waals surface area (Å²) in [5.41, 5.74) is 13.2. The van der Waals surface area contributed by atoms with Crippen LogP contribution in [0.25, 0.3) is 22.3 Å². The number of anilines is 3. The van der Waals surface area contributed by atoms with Crippen LogP contribution < -0.4 is 21.3 Å². The number of benzene rings is 6. The van der Waals surface area contributed by atoms with Crippen molar-refractivity contribution in [2.75, 3.05) is 4.90 Å². The fraction of sp³-hybridized carbons (Fsp3) is 0.100. The molecule has 1 nitrogen and oxygen atoms in total. The van der Waals surface area contributed by atoms with Crippen LogP contribution in [0, 0.1) is 0 Å². The molecule has 6 aromatic carbocycles. The van der Waals surface area contributed by atoms with E-state index in [1.807, 2.05) is 23.9 Å². The molecule has 2 aliphatic rings. The van der Waals surface area contributed by atoms with Crippen molar-refractivity contribution >= 4 is 75.1 Å². The highest BCUT2D eigenvalue weighted by Gasteiger charge is 2.42. The van der Waals surface area contributed by atoms with Crippen molar-refractivity contribution in [3.8, 4) is 22.3 Å². The Morgan fingerprint density at radius 2 is 1.18 bits per heavy atom. The number of rotatable bonds is 3. The van der Waals surface area contributed by atoms with Crippen molar-refractivity contribution in [1.82, 2.24) is 0 Å². The second-order valence-corrected chi connectivity index (χ2v) is 14.8. The van der Waals surface area contributed by atoms with Gasteiger partial charge < -0.3 is 4.90 Å². The van der Waals surface area contributed by atoms with Crippen LogP contribution in [0.3, 0.4) is 0 Å². The molecule has 0 bridgehead atoms. The van der Waals surface area contributed by atoms with E-state index in [-0.39, 0.29) is 12.1 Å². The largest absolute Gasteiger partial charge is 0.310 e. The van der Waals surface area contributed by atoms with Gasteiger partial charge in [0.2, 0.25) is 6.71 Å². The number of para-hydroxylation sites is 1. The van der Waals surface area contributed by atoms with E-state index in [4.69, 9.17) is 23.2 Å². The molecule has 5 heteroatoms. The summed E-state index contributed by atoms with van der Waals surface area (Å²) in [6.45, 7) is 6.94. The van der Waals surface area contributed by atoms with Crippen molar-refractivity contribution in [3.63, 3.8) is 0 Å². The zero-order valence-electron chi connectivity index (χ0n) is 25.3. The number of nitrogens with zero attached hydrogens (tertiary/aromatic N) is 1. The fourth-order valence-corrected chi connectivity index (χ4v) is 8.50. The number of halogens is 2. The van der Waals surface area contributed by atoms with Crippen LogP contribution in [-0.4, -0.2) is 6.71 Å². The van der Waals surface area contributed by atoms with Gasteiger partial charge in [-0.3, -0.25) is 0 Å². The third-order valence-electron chi connectivity index (χ3n) is 9.00. The Labute approximate surface area is 279 Å². The minimum atomic E-state index is -0.0579. The molecule has 2 heterocycles. The van der Waals surface area contributed by atoms with Crippen LogP contribution in [0.1, 0.15) is 26.3 Å². The maximum absolute atomic E-state index is 6.88. The Morgan fingerprint density at radius 1 is 0.578 bits per heavy atom. The van der Waals surface area contributed by atoms with Crippen LogP contribution in [0.5, 0.6) is 0 Å². The summed E-state index contributed by atoms with van der Waals surface area (Å²) in [5, 5.41) is 1.48. The lowest BCUT2D eigenvalue weighted by molar-refractivity contribution is 0.589. The van der Waals surface area contributed by atoms with Gasteiger partial charge in [0, 0.05) is 42.3 Å². The highest BCUT2D eigenvalue weighted by molar-refractivity contribution is 8.00. The van der Waals surface area contributed by atoms with Crippen LogP contribution in [-0.2, 0) is 5.41 Å². The average molecular weight is 638 g/mol. The summed E-state index contributed by atoms with van der Waals surface area (Å²) in [6.07, 6.45) is 0. The van der Waals surface area contributed by atoms with Crippen LogP contribution in [0.4, 0.5) is 17.1 Å². The van der Waals surface area contributed by atoms with Crippen LogP contribution >= 0.6 is 35.0 Å². The van der Waals surface area contributed by atoms with Crippen molar-refractivity contribution in [2.45, 2.75) is 36.0 Å². The first-order chi connectivity index (χ1) is 21.8. The molecule has 0 amide bonds. The molecule has 2 aliphatic heterocycles. The van der Waals surface area contributed by atoms with E-state index < -0.39 is 0 Å². The maximum atomic E-state index is 6.88. The van der Waals surface area contributed by atoms with Gasteiger partial charge in [0.1, 0.15) is 0 Å². The van der Waals surface area contributed by atoms with E-state index in [1.54, 1.807) is 0 Å². The summed E-state index contributed by atoms with van der Waals surface area (Å²) in [5.74, 6) is 0. The fourth-order valence-electron chi connectivity index (χ4n) is 6.85. The molecule has 0 saturated carbocycles. The standard InChI is InChI=1S/C40H30BCl2NS/c1-40(2,3)27-21-35-38-37(22-27)45-36-24-29(43)18-20-33(36)41(38)32-19-17-28(42)23-34(32)44(35)39-30(25-11-6-4-7-12-25)15-10-16-31(39)26-13-8-5-9-14-26/h4-24H,1-3H3. The molecule has 218 valence electrons. The van der Waals surface area contributed by atoms with E-state index in [1.165, 1.54) is 59.7 Å². The minimum Gasteiger partial charge on any atom is -0.310 e. The topological polar surface area (TPSA) is 3.24 Å². The van der Waals surface area contributed by atoms with Crippen molar-refractivity contribution in [1.29, 1.82) is 0 Å². The second kappa shape index (κ2) is 10.9. The Hall–Kier alpha value is -3.89. The van der Waals surface area contributed by atoms with E-state index >= 15 is 0 Å². The highest BCUT2D eigenvalue weighted by atomic mass is 35.5. The first kappa shape index (κ1) is 28.6. The van der Waals surface area contributed by atoms with Crippen molar-refractivity contribution in [3.05, 3.63) is 143 Å². The molecule has 0 saturated heterocycles. The highest BCUT2D eigenvalue weighted by Crippen LogP contribution is 2.50. The van der Waals surface area contributed by atoms with Gasteiger partial charge in [0.05, 0.1) is 5.69 Å². The average Bonchev–Trinajstić information content (AvgIpc) is 3.04. The SMILES string of the molecule is CC(C)(C)c1cc2c3c(c1)N(c1c(-c4ccccc4)cccc1-c1ccccc1)c1cc(Cl)ccc1B3c1ccc(Cl)cc1S2. The van der Waals surface area contributed by atoms with E-state index in [0.29, 0.717) is 0 Å². The number of fused-ring (bicyclic) bond motifs is 4. The molecular formula is C40H30BCl2NS. The summed E-state index contributed by atoms with van der Waals surface area (Å²) >= 11 is 15.3. The summed E-state index contributed by atoms with van der Waals surface area (Å²) < 4.78 is 0. The molecule has 45 heavy (non-hydrogen) atoms. The summed E-state index contributed by atoms with van der Waals surface area (Å²) in [4.78, 5) is 4.99. The van der Waals surface area contributed by atoms with E-state index in [9.17, 15) is 0 Å². The third-order valence-corrected chi connectivity index (χ3v) is 10.6. The Morgan fingerprint density at radius 3 is 1.80 bits per heavy atom. The van der Waals surface area contributed by atoms with Gasteiger partial charge in [-0.15, -0.1) is 0 Å². The first-order valence-corrected chi connectivity index (χ1v) is 16.8. The van der Waals surface area contributed by atoms with Gasteiger partial charge in [-0.1, -0.05) is 152 Å². The molecule has 0 aromatic heterocycles. The van der Waals surface area contributed by atoms with Crippen LogP contribution in [0.2, 0.25) is 10.0 Å². The molecule has 6 aromatic rings. The van der Waals surface area contributed by atoms with Crippen molar-refractivity contribution in [2.24, 2.45) is 0 Å². The smallest absolute Gasteiger partial charge is 0.249 e. The van der Waals surface area contributed by atoms with Gasteiger partial charge in [0.25, 0.3) is 0 Å². The lowest BCUT2D eigenvalue weighted by Gasteiger charge is -2.42. The minimum absolute atomic E-state index is 0.0579. The predicted octanol–water partition coefficient (Wildman–Crippen LogP) is 10.4. The summed E-state index contributed by atoms with van der Waals surface area (Å²) in [6, 6.07) is 45.7. The monoisotopic (exact) mass is 637 g/mol. The third kappa shape index (κ3) is 4.81. The second-order valence-electron chi connectivity index (χ2n) is 12.8. The number of hydrogen-bond acceptors (Lipinski definition) is 2.